The lowest BCUT2D eigenvalue weighted by Gasteiger charge is -2.13. The lowest BCUT2D eigenvalue weighted by Crippen LogP contribution is -2.32. The maximum absolute atomic E-state index is 11.9. The van der Waals surface area contributed by atoms with Crippen LogP contribution >= 0.6 is 11.6 Å². The molecule has 0 unspecified atom stereocenters. The highest BCUT2D eigenvalue weighted by Gasteiger charge is 2.23. The molecule has 1 heterocycles. The second-order valence-electron chi connectivity index (χ2n) is 5.13. The number of hydrogen-bond acceptors (Lipinski definition) is 7. The van der Waals surface area contributed by atoms with E-state index in [9.17, 15) is 13.2 Å². The van der Waals surface area contributed by atoms with Gasteiger partial charge in [-0.1, -0.05) is 23.7 Å². The molecule has 0 aliphatic heterocycles. The smallest absolute Gasteiger partial charge is 0.420 e. The van der Waals surface area contributed by atoms with E-state index in [4.69, 9.17) is 26.2 Å². The van der Waals surface area contributed by atoms with Crippen molar-refractivity contribution in [1.29, 1.82) is 0 Å². The molecule has 9 nitrogen and oxygen atoms in total. The molecule has 1 aromatic heterocycles. The van der Waals surface area contributed by atoms with E-state index in [0.717, 1.165) is 7.05 Å². The second-order valence-corrected chi connectivity index (χ2v) is 7.52. The van der Waals surface area contributed by atoms with Crippen LogP contribution < -0.4 is 4.74 Å². The van der Waals surface area contributed by atoms with E-state index in [2.05, 4.69) is 9.97 Å². The molecule has 1 aromatic carbocycles. The van der Waals surface area contributed by atoms with Gasteiger partial charge in [0, 0.05) is 20.2 Å². The molecule has 1 N–H and O–H groups in total. The van der Waals surface area contributed by atoms with Crippen molar-refractivity contribution in [1.82, 2.24) is 14.3 Å². The zero-order valence-corrected chi connectivity index (χ0v) is 15.5. The van der Waals surface area contributed by atoms with Gasteiger partial charge in [-0.15, -0.1) is 0 Å². The number of benzene rings is 1. The van der Waals surface area contributed by atoms with Gasteiger partial charge in [-0.25, -0.2) is 22.5 Å². The molecule has 0 radical (unpaired) electrons. The van der Waals surface area contributed by atoms with Crippen LogP contribution in [0.2, 0.25) is 5.15 Å². The Morgan fingerprint density at radius 2 is 1.92 bits per heavy atom. The molecule has 0 aliphatic rings. The molecule has 0 spiro atoms. The zero-order chi connectivity index (χ0) is 19.3. The summed E-state index contributed by atoms with van der Waals surface area (Å²) in [7, 11) is -1.48. The minimum atomic E-state index is -3.96. The molecule has 140 valence electrons. The van der Waals surface area contributed by atoms with Crippen LogP contribution in [-0.4, -0.2) is 48.0 Å². The van der Waals surface area contributed by atoms with Crippen LogP contribution in [0.15, 0.2) is 30.3 Å². The molecule has 0 aliphatic carbocycles. The largest absolute Gasteiger partial charge is 0.464 e. The van der Waals surface area contributed by atoms with Crippen molar-refractivity contribution in [2.75, 3.05) is 14.2 Å². The lowest BCUT2D eigenvalue weighted by atomic mass is 10.2. The normalized spacial score (nSPS) is 11.2. The van der Waals surface area contributed by atoms with Crippen molar-refractivity contribution < 1.29 is 27.8 Å². The number of nitrogens with zero attached hydrogens (tertiary/aromatic N) is 3. The van der Waals surface area contributed by atoms with Gasteiger partial charge in [-0.3, -0.25) is 0 Å². The number of ether oxygens (including phenoxy) is 2. The molecule has 0 atom stereocenters. The van der Waals surface area contributed by atoms with E-state index >= 15 is 0 Å². The van der Waals surface area contributed by atoms with Crippen LogP contribution in [0.1, 0.15) is 11.4 Å². The Hall–Kier alpha value is -2.43. The third-order valence-electron chi connectivity index (χ3n) is 3.17. The zero-order valence-electron chi connectivity index (χ0n) is 13.9. The highest BCUT2D eigenvalue weighted by Crippen LogP contribution is 2.23. The summed E-state index contributed by atoms with van der Waals surface area (Å²) in [5.74, 6) is 0.515. The molecule has 0 fully saturated rings. The molecular weight excluding hydrogens is 386 g/mol. The van der Waals surface area contributed by atoms with E-state index in [1.54, 1.807) is 0 Å². The number of methoxy groups -OCH3 is 1. The monoisotopic (exact) mass is 401 g/mol. The van der Waals surface area contributed by atoms with Crippen LogP contribution in [0, 0.1) is 0 Å². The minimum Gasteiger partial charge on any atom is -0.464 e. The first-order valence-electron chi connectivity index (χ1n) is 7.20. The summed E-state index contributed by atoms with van der Waals surface area (Å²) in [5.41, 5.74) is 0.409. The standard InChI is InChI=1S/C15H16ClN3O6S/c1-19(15(20)21)26(22,23)9-10-3-5-11(6-4-10)25-14-7-12(16)17-13(18-14)8-24-2/h3-7H,8-9H2,1-2H3,(H,20,21). The Kier molecular flexibility index (Phi) is 6.35. The maximum Gasteiger partial charge on any atom is 0.420 e. The van der Waals surface area contributed by atoms with Gasteiger partial charge in [0.2, 0.25) is 15.9 Å². The van der Waals surface area contributed by atoms with Crippen LogP contribution in [0.25, 0.3) is 0 Å². The van der Waals surface area contributed by atoms with Gasteiger partial charge in [0.1, 0.15) is 17.5 Å². The van der Waals surface area contributed by atoms with Crippen LogP contribution in [0.3, 0.4) is 0 Å². The highest BCUT2D eigenvalue weighted by atomic mass is 35.5. The number of carbonyl (C=O) groups is 1. The molecule has 1 amide bonds. The van der Waals surface area contributed by atoms with Gasteiger partial charge in [-0.2, -0.15) is 4.98 Å². The fourth-order valence-electron chi connectivity index (χ4n) is 1.89. The first-order chi connectivity index (χ1) is 12.2. The van der Waals surface area contributed by atoms with E-state index < -0.39 is 21.9 Å². The van der Waals surface area contributed by atoms with Crippen molar-refractivity contribution >= 4 is 27.7 Å². The average Bonchev–Trinajstić information content (AvgIpc) is 2.55. The van der Waals surface area contributed by atoms with Gasteiger partial charge in [0.15, 0.2) is 5.82 Å². The molecule has 11 heteroatoms. The number of carboxylic acid groups (broad SMARTS) is 1. The topological polar surface area (TPSA) is 119 Å². The first-order valence-corrected chi connectivity index (χ1v) is 9.18. The summed E-state index contributed by atoms with van der Waals surface area (Å²) < 4.78 is 34.6. The summed E-state index contributed by atoms with van der Waals surface area (Å²) in [4.78, 5) is 18.9. The van der Waals surface area contributed by atoms with Crippen molar-refractivity contribution in [3.63, 3.8) is 0 Å². The fourth-order valence-corrected chi connectivity index (χ4v) is 3.12. The molecule has 2 aromatic rings. The molecule has 26 heavy (non-hydrogen) atoms. The van der Waals surface area contributed by atoms with Gasteiger partial charge in [0.25, 0.3) is 0 Å². The van der Waals surface area contributed by atoms with E-state index in [1.807, 2.05) is 0 Å². The Bertz CT molecular complexity index is 889. The Labute approximate surface area is 155 Å². The van der Waals surface area contributed by atoms with Crippen molar-refractivity contribution in [2.45, 2.75) is 12.4 Å². The molecule has 2 rings (SSSR count). The second kappa shape index (κ2) is 8.30. The predicted molar refractivity (Wildman–Crippen MR) is 92.7 cm³/mol. The SMILES string of the molecule is COCc1nc(Cl)cc(Oc2ccc(CS(=O)(=O)N(C)C(=O)O)cc2)n1. The van der Waals surface area contributed by atoms with Crippen LogP contribution in [0.5, 0.6) is 11.6 Å². The summed E-state index contributed by atoms with van der Waals surface area (Å²) in [6.07, 6.45) is -1.54. The third kappa shape index (κ3) is 5.28. The minimum absolute atomic E-state index is 0.171. The van der Waals surface area contributed by atoms with Crippen LogP contribution in [0.4, 0.5) is 4.79 Å². The third-order valence-corrected chi connectivity index (χ3v) is 5.06. The number of halogens is 1. The maximum atomic E-state index is 11.9. The summed E-state index contributed by atoms with van der Waals surface area (Å²) >= 11 is 5.90. The Morgan fingerprint density at radius 3 is 2.50 bits per heavy atom. The number of rotatable bonds is 7. The highest BCUT2D eigenvalue weighted by molar-refractivity contribution is 7.88. The summed E-state index contributed by atoms with van der Waals surface area (Å²) in [6, 6.07) is 7.54. The number of sulfonamides is 1. The quantitative estimate of drug-likeness (QED) is 0.703. The van der Waals surface area contributed by atoms with Crippen molar-refractivity contribution in [2.24, 2.45) is 0 Å². The lowest BCUT2D eigenvalue weighted by molar-refractivity contribution is 0.177. The van der Waals surface area contributed by atoms with Crippen LogP contribution in [-0.2, 0) is 27.1 Å². The van der Waals surface area contributed by atoms with Gasteiger partial charge < -0.3 is 14.6 Å². The van der Waals surface area contributed by atoms with E-state index in [1.165, 1.54) is 37.4 Å². The van der Waals surface area contributed by atoms with Crippen molar-refractivity contribution in [3.8, 4) is 11.6 Å². The average molecular weight is 402 g/mol. The molecule has 0 bridgehead atoms. The number of aromatic nitrogens is 2. The predicted octanol–water partition coefficient (Wildman–Crippen LogP) is 2.51. The van der Waals surface area contributed by atoms with Gasteiger partial charge in [-0.05, 0) is 17.7 Å². The number of hydrogen-bond donors (Lipinski definition) is 1. The first kappa shape index (κ1) is 19.9. The Balaban J connectivity index is 2.12. The fraction of sp³-hybridized carbons (Fsp3) is 0.267. The molecule has 0 saturated heterocycles. The van der Waals surface area contributed by atoms with Crippen molar-refractivity contribution in [3.05, 3.63) is 46.9 Å². The van der Waals surface area contributed by atoms with Gasteiger partial charge >= 0.3 is 6.09 Å². The molecule has 0 saturated carbocycles. The van der Waals surface area contributed by atoms with E-state index in [-0.39, 0.29) is 21.9 Å². The Morgan fingerprint density at radius 1 is 1.27 bits per heavy atom. The summed E-state index contributed by atoms with van der Waals surface area (Å²) in [6.45, 7) is 0.171. The molecular formula is C15H16ClN3O6S. The number of amides is 1. The summed E-state index contributed by atoms with van der Waals surface area (Å²) in [5, 5.41) is 8.98. The van der Waals surface area contributed by atoms with Gasteiger partial charge in [0.05, 0.1) is 5.75 Å². The van der Waals surface area contributed by atoms with E-state index in [0.29, 0.717) is 17.1 Å².